The SMILES string of the molecule is O=C(NCCc1ccc(OCc2ccccc2)cc1)c1cccc([N+](=O)[O-])c1. The molecule has 0 spiro atoms. The first kappa shape index (κ1) is 19.1. The molecule has 0 fully saturated rings. The number of carbonyl (C=O) groups excluding carboxylic acids is 1. The summed E-state index contributed by atoms with van der Waals surface area (Å²) in [5, 5.41) is 13.6. The molecule has 28 heavy (non-hydrogen) atoms. The fourth-order valence-electron chi connectivity index (χ4n) is 2.68. The smallest absolute Gasteiger partial charge is 0.270 e. The number of nitrogens with one attached hydrogen (secondary N) is 1. The molecule has 0 aromatic heterocycles. The number of carbonyl (C=O) groups is 1. The van der Waals surface area contributed by atoms with Crippen LogP contribution in [0.15, 0.2) is 78.9 Å². The quantitative estimate of drug-likeness (QED) is 0.473. The van der Waals surface area contributed by atoms with Crippen molar-refractivity contribution in [3.63, 3.8) is 0 Å². The zero-order chi connectivity index (χ0) is 19.8. The minimum absolute atomic E-state index is 0.0984. The fourth-order valence-corrected chi connectivity index (χ4v) is 2.68. The second-order valence-corrected chi connectivity index (χ2v) is 6.23. The van der Waals surface area contributed by atoms with Gasteiger partial charge in [0.1, 0.15) is 12.4 Å². The average molecular weight is 376 g/mol. The Kier molecular flexibility index (Phi) is 6.36. The molecule has 0 atom stereocenters. The maximum atomic E-state index is 12.1. The summed E-state index contributed by atoms with van der Waals surface area (Å²) < 4.78 is 5.75. The molecule has 0 bridgehead atoms. The van der Waals surface area contributed by atoms with E-state index in [1.54, 1.807) is 6.07 Å². The van der Waals surface area contributed by atoms with E-state index in [0.29, 0.717) is 19.6 Å². The van der Waals surface area contributed by atoms with E-state index in [1.165, 1.54) is 18.2 Å². The zero-order valence-corrected chi connectivity index (χ0v) is 15.2. The molecular formula is C22H20N2O4. The standard InChI is InChI=1S/C22H20N2O4/c25-22(19-7-4-8-20(15-19)24(26)27)23-14-13-17-9-11-21(12-10-17)28-16-18-5-2-1-3-6-18/h1-12,15H,13-14,16H2,(H,23,25). The molecule has 0 heterocycles. The minimum Gasteiger partial charge on any atom is -0.489 e. The van der Waals surface area contributed by atoms with Crippen molar-refractivity contribution in [2.75, 3.05) is 6.54 Å². The molecule has 3 aromatic rings. The van der Waals surface area contributed by atoms with E-state index in [9.17, 15) is 14.9 Å². The molecule has 6 nitrogen and oxygen atoms in total. The zero-order valence-electron chi connectivity index (χ0n) is 15.2. The predicted molar refractivity (Wildman–Crippen MR) is 106 cm³/mol. The third-order valence-corrected chi connectivity index (χ3v) is 4.19. The van der Waals surface area contributed by atoms with Crippen LogP contribution in [0.1, 0.15) is 21.5 Å². The molecule has 142 valence electrons. The van der Waals surface area contributed by atoms with Gasteiger partial charge in [-0.15, -0.1) is 0 Å². The van der Waals surface area contributed by atoms with Gasteiger partial charge in [-0.2, -0.15) is 0 Å². The molecule has 0 unspecified atom stereocenters. The molecule has 3 aromatic carbocycles. The van der Waals surface area contributed by atoms with Crippen molar-refractivity contribution in [1.82, 2.24) is 5.32 Å². The minimum atomic E-state index is -0.516. The van der Waals surface area contributed by atoms with E-state index in [2.05, 4.69) is 5.32 Å². The molecule has 3 rings (SSSR count). The van der Waals surface area contributed by atoms with E-state index in [0.717, 1.165) is 16.9 Å². The van der Waals surface area contributed by atoms with Gasteiger partial charge in [-0.1, -0.05) is 48.5 Å². The highest BCUT2D eigenvalue weighted by molar-refractivity contribution is 5.94. The van der Waals surface area contributed by atoms with Gasteiger partial charge < -0.3 is 10.1 Å². The Labute approximate surface area is 162 Å². The van der Waals surface area contributed by atoms with Crippen LogP contribution in [0.3, 0.4) is 0 Å². The summed E-state index contributed by atoms with van der Waals surface area (Å²) in [5.74, 6) is 0.458. The first-order valence-corrected chi connectivity index (χ1v) is 8.90. The third kappa shape index (κ3) is 5.41. The van der Waals surface area contributed by atoms with E-state index in [1.807, 2.05) is 54.6 Å². The van der Waals surface area contributed by atoms with Crippen LogP contribution in [-0.2, 0) is 13.0 Å². The topological polar surface area (TPSA) is 81.5 Å². The second kappa shape index (κ2) is 9.32. The number of hydrogen-bond acceptors (Lipinski definition) is 4. The molecule has 0 aliphatic rings. The highest BCUT2D eigenvalue weighted by Gasteiger charge is 2.10. The van der Waals surface area contributed by atoms with Crippen LogP contribution in [0.2, 0.25) is 0 Å². The van der Waals surface area contributed by atoms with E-state index in [-0.39, 0.29) is 17.2 Å². The Balaban J connectivity index is 1.46. The summed E-state index contributed by atoms with van der Waals surface area (Å²) in [7, 11) is 0. The lowest BCUT2D eigenvalue weighted by molar-refractivity contribution is -0.384. The molecule has 0 aliphatic heterocycles. The number of ether oxygens (including phenoxy) is 1. The highest BCUT2D eigenvalue weighted by Crippen LogP contribution is 2.15. The Morgan fingerprint density at radius 3 is 2.39 bits per heavy atom. The van der Waals surface area contributed by atoms with Crippen molar-refractivity contribution < 1.29 is 14.5 Å². The van der Waals surface area contributed by atoms with Gasteiger partial charge in [0.15, 0.2) is 0 Å². The monoisotopic (exact) mass is 376 g/mol. The van der Waals surface area contributed by atoms with Crippen molar-refractivity contribution in [3.05, 3.63) is 106 Å². The Morgan fingerprint density at radius 1 is 0.929 bits per heavy atom. The van der Waals surface area contributed by atoms with Crippen LogP contribution in [0.4, 0.5) is 5.69 Å². The van der Waals surface area contributed by atoms with E-state index in [4.69, 9.17) is 4.74 Å². The Bertz CT molecular complexity index is 940. The van der Waals surface area contributed by atoms with Crippen molar-refractivity contribution >= 4 is 11.6 Å². The van der Waals surface area contributed by atoms with Gasteiger partial charge >= 0.3 is 0 Å². The van der Waals surface area contributed by atoms with Crippen molar-refractivity contribution in [3.8, 4) is 5.75 Å². The molecule has 0 radical (unpaired) electrons. The summed E-state index contributed by atoms with van der Waals surface area (Å²) in [6.45, 7) is 0.950. The number of amides is 1. The summed E-state index contributed by atoms with van der Waals surface area (Å²) in [4.78, 5) is 22.4. The lowest BCUT2D eigenvalue weighted by Crippen LogP contribution is -2.25. The number of hydrogen-bond donors (Lipinski definition) is 1. The van der Waals surface area contributed by atoms with Crippen LogP contribution in [-0.4, -0.2) is 17.4 Å². The van der Waals surface area contributed by atoms with Crippen LogP contribution in [0.5, 0.6) is 5.75 Å². The summed E-state index contributed by atoms with van der Waals surface area (Å²) in [6.07, 6.45) is 0.652. The lowest BCUT2D eigenvalue weighted by Gasteiger charge is -2.08. The molecule has 1 amide bonds. The van der Waals surface area contributed by atoms with Crippen molar-refractivity contribution in [1.29, 1.82) is 0 Å². The summed E-state index contributed by atoms with van der Waals surface area (Å²) in [5.41, 5.74) is 2.35. The van der Waals surface area contributed by atoms with E-state index < -0.39 is 4.92 Å². The van der Waals surface area contributed by atoms with Gasteiger partial charge in [0.05, 0.1) is 4.92 Å². The van der Waals surface area contributed by atoms with Crippen molar-refractivity contribution in [2.45, 2.75) is 13.0 Å². The number of benzene rings is 3. The largest absolute Gasteiger partial charge is 0.489 e. The van der Waals surface area contributed by atoms with Gasteiger partial charge in [-0.25, -0.2) is 0 Å². The summed E-state index contributed by atoms with van der Waals surface area (Å²) >= 11 is 0. The first-order chi connectivity index (χ1) is 13.6. The fraction of sp³-hybridized carbons (Fsp3) is 0.136. The first-order valence-electron chi connectivity index (χ1n) is 8.90. The van der Waals surface area contributed by atoms with Gasteiger partial charge in [-0.3, -0.25) is 14.9 Å². The van der Waals surface area contributed by atoms with Crippen molar-refractivity contribution in [2.24, 2.45) is 0 Å². The molecule has 0 saturated heterocycles. The number of nitro benzene ring substituents is 1. The second-order valence-electron chi connectivity index (χ2n) is 6.23. The maximum Gasteiger partial charge on any atom is 0.270 e. The maximum absolute atomic E-state index is 12.1. The van der Waals surface area contributed by atoms with Gasteiger partial charge in [0.2, 0.25) is 0 Å². The third-order valence-electron chi connectivity index (χ3n) is 4.19. The molecule has 1 N–H and O–H groups in total. The van der Waals surface area contributed by atoms with Gasteiger partial charge in [-0.05, 0) is 35.7 Å². The predicted octanol–water partition coefficient (Wildman–Crippen LogP) is 4.15. The highest BCUT2D eigenvalue weighted by atomic mass is 16.6. The average Bonchev–Trinajstić information content (AvgIpc) is 2.74. The van der Waals surface area contributed by atoms with Crippen LogP contribution >= 0.6 is 0 Å². The normalized spacial score (nSPS) is 10.3. The van der Waals surface area contributed by atoms with Crippen LogP contribution in [0.25, 0.3) is 0 Å². The van der Waals surface area contributed by atoms with Gasteiger partial charge in [0, 0.05) is 24.2 Å². The number of rotatable bonds is 8. The molecule has 6 heteroatoms. The molecule has 0 aliphatic carbocycles. The lowest BCUT2D eigenvalue weighted by atomic mass is 10.1. The van der Waals surface area contributed by atoms with Crippen LogP contribution < -0.4 is 10.1 Å². The Morgan fingerprint density at radius 2 is 1.68 bits per heavy atom. The summed E-state index contributed by atoms with van der Waals surface area (Å²) in [6, 6.07) is 23.4. The number of non-ortho nitro benzene ring substituents is 1. The van der Waals surface area contributed by atoms with Gasteiger partial charge in [0.25, 0.3) is 11.6 Å². The molecule has 0 saturated carbocycles. The number of nitrogens with zero attached hydrogens (tertiary/aromatic N) is 1. The van der Waals surface area contributed by atoms with Crippen LogP contribution in [0, 0.1) is 10.1 Å². The Hall–Kier alpha value is -3.67. The van der Waals surface area contributed by atoms with E-state index >= 15 is 0 Å². The number of nitro groups is 1. The molecular weight excluding hydrogens is 356 g/mol.